The summed E-state index contributed by atoms with van der Waals surface area (Å²) in [5, 5.41) is 6.78. The van der Waals surface area contributed by atoms with Crippen LogP contribution in [0.2, 0.25) is 0 Å². The molecule has 0 aliphatic rings. The molecule has 1 aromatic carbocycles. The molecule has 0 saturated carbocycles. The van der Waals surface area contributed by atoms with Gasteiger partial charge in [-0.1, -0.05) is 13.8 Å². The zero-order valence-corrected chi connectivity index (χ0v) is 15.3. The van der Waals surface area contributed by atoms with Gasteiger partial charge in [-0.2, -0.15) is 0 Å². The minimum absolute atomic E-state index is 0.267. The minimum Gasteiger partial charge on any atom is -0.346 e. The maximum atomic E-state index is 12.1. The number of amides is 2. The number of hydrogen-bond donors (Lipinski definition) is 2. The van der Waals surface area contributed by atoms with Crippen LogP contribution in [0.3, 0.4) is 0 Å². The van der Waals surface area contributed by atoms with Crippen LogP contribution in [0.4, 0.5) is 16.2 Å². The number of fused-ring (bicyclic) bond motifs is 1. The predicted octanol–water partition coefficient (Wildman–Crippen LogP) is 4.02. The molecule has 0 aliphatic carbocycles. The molecule has 3 rings (SSSR count). The number of carbonyl (C=O) groups excluding carboxylic acids is 1. The maximum absolute atomic E-state index is 12.1. The van der Waals surface area contributed by atoms with Gasteiger partial charge in [-0.05, 0) is 49.5 Å². The summed E-state index contributed by atoms with van der Waals surface area (Å²) in [6, 6.07) is 11.3. The SMILES string of the molecule is CCN(CC)CCn1ccc2cc(NC(=O)Nc3ccncc3)ccc21. The van der Waals surface area contributed by atoms with Gasteiger partial charge in [-0.25, -0.2) is 4.79 Å². The van der Waals surface area contributed by atoms with Gasteiger partial charge >= 0.3 is 6.03 Å². The zero-order valence-electron chi connectivity index (χ0n) is 15.3. The fourth-order valence-electron chi connectivity index (χ4n) is 2.99. The minimum atomic E-state index is -0.267. The summed E-state index contributed by atoms with van der Waals surface area (Å²) >= 11 is 0. The molecular formula is C20H25N5O. The van der Waals surface area contributed by atoms with Crippen LogP contribution >= 0.6 is 0 Å². The Morgan fingerprint density at radius 3 is 2.50 bits per heavy atom. The van der Waals surface area contributed by atoms with Crippen molar-refractivity contribution in [3.8, 4) is 0 Å². The molecule has 0 bridgehead atoms. The average Bonchev–Trinajstić information content (AvgIpc) is 3.05. The summed E-state index contributed by atoms with van der Waals surface area (Å²) in [6.07, 6.45) is 5.39. The van der Waals surface area contributed by atoms with Crippen molar-refractivity contribution in [3.05, 3.63) is 55.0 Å². The Kier molecular flexibility index (Phi) is 5.86. The molecule has 0 saturated heterocycles. The fraction of sp³-hybridized carbons (Fsp3) is 0.300. The van der Waals surface area contributed by atoms with E-state index in [2.05, 4.69) is 57.3 Å². The van der Waals surface area contributed by atoms with Crippen molar-refractivity contribution in [1.82, 2.24) is 14.5 Å². The number of aromatic nitrogens is 2. The molecule has 2 heterocycles. The molecule has 2 amide bonds. The Morgan fingerprint density at radius 2 is 1.77 bits per heavy atom. The van der Waals surface area contributed by atoms with Crippen LogP contribution in [0.15, 0.2) is 55.0 Å². The molecule has 0 spiro atoms. The number of benzene rings is 1. The van der Waals surface area contributed by atoms with Gasteiger partial charge in [0.15, 0.2) is 0 Å². The molecule has 0 aliphatic heterocycles. The van der Waals surface area contributed by atoms with E-state index in [1.807, 2.05) is 12.1 Å². The van der Waals surface area contributed by atoms with E-state index in [0.717, 1.165) is 37.3 Å². The normalized spacial score (nSPS) is 11.0. The number of likely N-dealkylation sites (N-methyl/N-ethyl adjacent to an activating group) is 1. The van der Waals surface area contributed by atoms with Gasteiger partial charge in [0.05, 0.1) is 0 Å². The molecule has 0 unspecified atom stereocenters. The lowest BCUT2D eigenvalue weighted by Gasteiger charge is -2.18. The first kappa shape index (κ1) is 17.9. The Hall–Kier alpha value is -2.86. The van der Waals surface area contributed by atoms with Crippen molar-refractivity contribution < 1.29 is 4.79 Å². The quantitative estimate of drug-likeness (QED) is 0.676. The molecule has 0 radical (unpaired) electrons. The lowest BCUT2D eigenvalue weighted by atomic mass is 10.2. The maximum Gasteiger partial charge on any atom is 0.323 e. The van der Waals surface area contributed by atoms with Crippen LogP contribution in [0.1, 0.15) is 13.8 Å². The number of pyridine rings is 1. The number of nitrogens with zero attached hydrogens (tertiary/aromatic N) is 3. The van der Waals surface area contributed by atoms with E-state index < -0.39 is 0 Å². The highest BCUT2D eigenvalue weighted by atomic mass is 16.2. The van der Waals surface area contributed by atoms with E-state index in [1.54, 1.807) is 24.5 Å². The summed E-state index contributed by atoms with van der Waals surface area (Å²) in [5.41, 5.74) is 2.66. The number of rotatable bonds is 7. The van der Waals surface area contributed by atoms with Gasteiger partial charge in [0.1, 0.15) is 0 Å². The number of anilines is 2. The highest BCUT2D eigenvalue weighted by molar-refractivity contribution is 6.00. The van der Waals surface area contributed by atoms with E-state index in [4.69, 9.17) is 0 Å². The summed E-state index contributed by atoms with van der Waals surface area (Å²) in [4.78, 5) is 18.5. The largest absolute Gasteiger partial charge is 0.346 e. The Balaban J connectivity index is 1.65. The summed E-state index contributed by atoms with van der Waals surface area (Å²) < 4.78 is 2.26. The Labute approximate surface area is 153 Å². The van der Waals surface area contributed by atoms with E-state index >= 15 is 0 Å². The van der Waals surface area contributed by atoms with Gasteiger partial charge in [0, 0.05) is 54.0 Å². The third-order valence-electron chi connectivity index (χ3n) is 4.52. The van der Waals surface area contributed by atoms with E-state index in [-0.39, 0.29) is 6.03 Å². The molecule has 2 N–H and O–H groups in total. The highest BCUT2D eigenvalue weighted by Crippen LogP contribution is 2.21. The molecule has 0 fully saturated rings. The van der Waals surface area contributed by atoms with Crippen molar-refractivity contribution in [2.45, 2.75) is 20.4 Å². The Bertz CT molecular complexity index is 855. The van der Waals surface area contributed by atoms with E-state index in [9.17, 15) is 4.79 Å². The zero-order chi connectivity index (χ0) is 18.4. The smallest absolute Gasteiger partial charge is 0.323 e. The topological polar surface area (TPSA) is 62.2 Å². The fourth-order valence-corrected chi connectivity index (χ4v) is 2.99. The van der Waals surface area contributed by atoms with Crippen molar-refractivity contribution >= 4 is 28.3 Å². The van der Waals surface area contributed by atoms with Gasteiger partial charge in [0.25, 0.3) is 0 Å². The number of urea groups is 1. The lowest BCUT2D eigenvalue weighted by Crippen LogP contribution is -2.26. The number of hydrogen-bond acceptors (Lipinski definition) is 3. The van der Waals surface area contributed by atoms with Crippen molar-refractivity contribution in [3.63, 3.8) is 0 Å². The van der Waals surface area contributed by atoms with Gasteiger partial charge in [0.2, 0.25) is 0 Å². The average molecular weight is 351 g/mol. The van der Waals surface area contributed by atoms with Crippen LogP contribution < -0.4 is 10.6 Å². The molecule has 0 atom stereocenters. The van der Waals surface area contributed by atoms with Crippen molar-refractivity contribution in [1.29, 1.82) is 0 Å². The van der Waals surface area contributed by atoms with Crippen LogP contribution in [-0.2, 0) is 6.54 Å². The third-order valence-corrected chi connectivity index (χ3v) is 4.52. The molecule has 26 heavy (non-hydrogen) atoms. The summed E-state index contributed by atoms with van der Waals surface area (Å²) in [7, 11) is 0. The number of carbonyl (C=O) groups is 1. The molecule has 3 aromatic rings. The first-order chi connectivity index (χ1) is 12.7. The second-order valence-corrected chi connectivity index (χ2v) is 6.12. The predicted molar refractivity (Wildman–Crippen MR) is 107 cm³/mol. The van der Waals surface area contributed by atoms with E-state index in [0.29, 0.717) is 5.69 Å². The van der Waals surface area contributed by atoms with Crippen molar-refractivity contribution in [2.24, 2.45) is 0 Å². The lowest BCUT2D eigenvalue weighted by molar-refractivity contribution is 0.262. The van der Waals surface area contributed by atoms with Crippen LogP contribution in [0.25, 0.3) is 10.9 Å². The summed E-state index contributed by atoms with van der Waals surface area (Å²) in [6.45, 7) is 8.50. The number of nitrogens with one attached hydrogen (secondary N) is 2. The van der Waals surface area contributed by atoms with Crippen LogP contribution in [0, 0.1) is 0 Å². The monoisotopic (exact) mass is 351 g/mol. The first-order valence-corrected chi connectivity index (χ1v) is 8.99. The highest BCUT2D eigenvalue weighted by Gasteiger charge is 2.07. The van der Waals surface area contributed by atoms with E-state index in [1.165, 1.54) is 5.52 Å². The van der Waals surface area contributed by atoms with Crippen LogP contribution in [0.5, 0.6) is 0 Å². The molecule has 6 nitrogen and oxygen atoms in total. The van der Waals surface area contributed by atoms with Gasteiger partial charge < -0.3 is 20.1 Å². The van der Waals surface area contributed by atoms with Crippen molar-refractivity contribution in [2.75, 3.05) is 30.3 Å². The standard InChI is InChI=1S/C20H25N5O/c1-3-24(4-2)13-14-25-12-9-16-15-18(5-6-19(16)25)23-20(26)22-17-7-10-21-11-8-17/h5-12,15H,3-4,13-14H2,1-2H3,(H2,21,22,23,26). The molecule has 2 aromatic heterocycles. The van der Waals surface area contributed by atoms with Gasteiger partial charge in [-0.3, -0.25) is 4.98 Å². The first-order valence-electron chi connectivity index (χ1n) is 8.99. The second-order valence-electron chi connectivity index (χ2n) is 6.12. The Morgan fingerprint density at radius 1 is 1.04 bits per heavy atom. The molecule has 136 valence electrons. The third kappa shape index (κ3) is 4.40. The molecular weight excluding hydrogens is 326 g/mol. The summed E-state index contributed by atoms with van der Waals surface area (Å²) in [5.74, 6) is 0. The molecule has 6 heteroatoms. The van der Waals surface area contributed by atoms with Gasteiger partial charge in [-0.15, -0.1) is 0 Å². The van der Waals surface area contributed by atoms with Crippen LogP contribution in [-0.4, -0.2) is 40.1 Å². The second kappa shape index (κ2) is 8.49.